The molecule has 4 aromatic rings. The average Bonchev–Trinajstić information content (AvgIpc) is 3.13. The molecule has 5 rings (SSSR count). The maximum atomic E-state index is 13.3. The van der Waals surface area contributed by atoms with Crippen molar-refractivity contribution in [2.75, 3.05) is 13.1 Å². The van der Waals surface area contributed by atoms with Crippen LogP contribution in [0.3, 0.4) is 0 Å². The van der Waals surface area contributed by atoms with Gasteiger partial charge in [0.05, 0.1) is 10.4 Å². The molecule has 0 spiro atoms. The molecule has 3 aromatic carbocycles. The third kappa shape index (κ3) is 5.03. The van der Waals surface area contributed by atoms with Crippen molar-refractivity contribution in [2.24, 2.45) is 0 Å². The molecule has 0 aliphatic carbocycles. The summed E-state index contributed by atoms with van der Waals surface area (Å²) in [5, 5.41) is 1.09. The van der Waals surface area contributed by atoms with Crippen molar-refractivity contribution in [3.63, 3.8) is 0 Å². The smallest absolute Gasteiger partial charge is 0.254 e. The second-order valence-corrected chi connectivity index (χ2v) is 10.9. The van der Waals surface area contributed by atoms with Gasteiger partial charge in [0.15, 0.2) is 0 Å². The fourth-order valence-corrected chi connectivity index (χ4v) is 5.76. The summed E-state index contributed by atoms with van der Waals surface area (Å²) in [6.45, 7) is 3.46. The van der Waals surface area contributed by atoms with Crippen LogP contribution in [0.5, 0.6) is 0 Å². The quantitative estimate of drug-likeness (QED) is 0.397. The number of nitrogens with one attached hydrogen (secondary N) is 1. The molecule has 0 fully saturated rings. The Balaban J connectivity index is 1.38. The van der Waals surface area contributed by atoms with Crippen LogP contribution in [-0.2, 0) is 23.0 Å². The van der Waals surface area contributed by atoms with Crippen molar-refractivity contribution >= 4 is 26.8 Å². The van der Waals surface area contributed by atoms with E-state index in [2.05, 4.69) is 40.0 Å². The molecule has 2 heterocycles. The van der Waals surface area contributed by atoms with E-state index in [1.807, 2.05) is 36.2 Å². The lowest BCUT2D eigenvalue weighted by molar-refractivity contribution is 0.0746. The second kappa shape index (κ2) is 10.2. The monoisotopic (exact) mass is 499 g/mol. The van der Waals surface area contributed by atoms with E-state index < -0.39 is 10.0 Å². The third-order valence-electron chi connectivity index (χ3n) is 6.61. The summed E-state index contributed by atoms with van der Waals surface area (Å²) in [7, 11) is -3.56. The zero-order valence-electron chi connectivity index (χ0n) is 20.3. The molecule has 0 radical (unpaired) electrons. The van der Waals surface area contributed by atoms with Crippen LogP contribution in [0.25, 0.3) is 22.0 Å². The molecular formula is C29H29N3O3S. The van der Waals surface area contributed by atoms with Gasteiger partial charge in [-0.15, -0.1) is 0 Å². The highest BCUT2D eigenvalue weighted by molar-refractivity contribution is 7.89. The highest BCUT2D eigenvalue weighted by Gasteiger charge is 2.22. The van der Waals surface area contributed by atoms with Crippen LogP contribution in [0.4, 0.5) is 0 Å². The molecule has 1 aromatic heterocycles. The molecule has 0 bridgehead atoms. The standard InChI is InChI=1S/C29H29N3O3S/c1-2-15-31-36(34,35)27-13-11-22(12-14-27)29(33)32-16-5-7-21-9-10-23(17-26(21)20-32)25-18-24-6-3-4-8-28(24)30-19-25/h3-4,6,8-14,17-19,31H,2,5,7,15-16,20H2,1H3. The predicted molar refractivity (Wildman–Crippen MR) is 142 cm³/mol. The lowest BCUT2D eigenvalue weighted by Crippen LogP contribution is -2.30. The van der Waals surface area contributed by atoms with Gasteiger partial charge < -0.3 is 4.90 Å². The van der Waals surface area contributed by atoms with Crippen LogP contribution in [0.2, 0.25) is 0 Å². The number of rotatable bonds is 6. The fourth-order valence-electron chi connectivity index (χ4n) is 4.62. The molecule has 7 heteroatoms. The van der Waals surface area contributed by atoms with Crippen molar-refractivity contribution in [3.05, 3.63) is 95.7 Å². The maximum absolute atomic E-state index is 13.3. The normalized spacial score (nSPS) is 13.9. The Kier molecular flexibility index (Phi) is 6.85. The van der Waals surface area contributed by atoms with Crippen LogP contribution in [0.15, 0.2) is 83.9 Å². The lowest BCUT2D eigenvalue weighted by atomic mass is 9.97. The molecule has 0 saturated heterocycles. The molecule has 1 aliphatic heterocycles. The van der Waals surface area contributed by atoms with E-state index in [1.165, 1.54) is 17.7 Å². The van der Waals surface area contributed by atoms with Crippen molar-refractivity contribution < 1.29 is 13.2 Å². The van der Waals surface area contributed by atoms with Crippen LogP contribution in [0, 0.1) is 0 Å². The van der Waals surface area contributed by atoms with Gasteiger partial charge in [-0.3, -0.25) is 9.78 Å². The zero-order chi connectivity index (χ0) is 25.1. The van der Waals surface area contributed by atoms with Crippen molar-refractivity contribution in [3.8, 4) is 11.1 Å². The third-order valence-corrected chi connectivity index (χ3v) is 8.08. The Hall–Kier alpha value is -3.55. The van der Waals surface area contributed by atoms with Gasteiger partial charge in [-0.2, -0.15) is 0 Å². The molecule has 0 saturated carbocycles. The summed E-state index contributed by atoms with van der Waals surface area (Å²) in [5.74, 6) is -0.0916. The number of amides is 1. The Morgan fingerprint density at radius 1 is 0.972 bits per heavy atom. The van der Waals surface area contributed by atoms with Crippen LogP contribution in [0.1, 0.15) is 41.3 Å². The van der Waals surface area contributed by atoms with E-state index in [-0.39, 0.29) is 10.8 Å². The molecule has 1 amide bonds. The molecule has 36 heavy (non-hydrogen) atoms. The highest BCUT2D eigenvalue weighted by atomic mass is 32.2. The number of carbonyl (C=O) groups is 1. The highest BCUT2D eigenvalue weighted by Crippen LogP contribution is 2.28. The van der Waals surface area contributed by atoms with E-state index in [0.29, 0.717) is 31.6 Å². The van der Waals surface area contributed by atoms with E-state index in [4.69, 9.17) is 0 Å². The summed E-state index contributed by atoms with van der Waals surface area (Å²) >= 11 is 0. The predicted octanol–water partition coefficient (Wildman–Crippen LogP) is 5.18. The Labute approximate surface area is 212 Å². The molecule has 0 atom stereocenters. The van der Waals surface area contributed by atoms with E-state index in [1.54, 1.807) is 12.1 Å². The first kappa shape index (κ1) is 24.2. The van der Waals surface area contributed by atoms with Crippen molar-refractivity contribution in [1.29, 1.82) is 0 Å². The number of carbonyl (C=O) groups excluding carboxylic acids is 1. The van der Waals surface area contributed by atoms with E-state index in [0.717, 1.165) is 40.4 Å². The summed E-state index contributed by atoms with van der Waals surface area (Å²) in [5.41, 5.74) is 5.97. The van der Waals surface area contributed by atoms with Crippen LogP contribution in [-0.4, -0.2) is 37.3 Å². The number of sulfonamides is 1. The molecule has 0 unspecified atom stereocenters. The van der Waals surface area contributed by atoms with Gasteiger partial charge >= 0.3 is 0 Å². The minimum atomic E-state index is -3.56. The van der Waals surface area contributed by atoms with Gasteiger partial charge in [-0.1, -0.05) is 37.3 Å². The number of fused-ring (bicyclic) bond motifs is 2. The molecule has 6 nitrogen and oxygen atoms in total. The Morgan fingerprint density at radius 3 is 2.58 bits per heavy atom. The number of hydrogen-bond donors (Lipinski definition) is 1. The number of benzene rings is 3. The van der Waals surface area contributed by atoms with Gasteiger partial charge in [-0.05, 0) is 78.4 Å². The summed E-state index contributed by atoms with van der Waals surface area (Å²) in [4.78, 5) is 20.0. The number of pyridine rings is 1. The second-order valence-electron chi connectivity index (χ2n) is 9.15. The number of nitrogens with zero attached hydrogens (tertiary/aromatic N) is 2. The molecule has 1 aliphatic rings. The van der Waals surface area contributed by atoms with Gasteiger partial charge in [0.25, 0.3) is 5.91 Å². The summed E-state index contributed by atoms with van der Waals surface area (Å²) in [6.07, 6.45) is 4.40. The Morgan fingerprint density at radius 2 is 1.78 bits per heavy atom. The number of hydrogen-bond acceptors (Lipinski definition) is 4. The lowest BCUT2D eigenvalue weighted by Gasteiger charge is -2.21. The largest absolute Gasteiger partial charge is 0.334 e. The Bertz CT molecular complexity index is 1510. The maximum Gasteiger partial charge on any atom is 0.254 e. The van der Waals surface area contributed by atoms with Crippen LogP contribution >= 0.6 is 0 Å². The molecular weight excluding hydrogens is 470 g/mol. The first-order chi connectivity index (χ1) is 17.4. The van der Waals surface area contributed by atoms with Crippen molar-refractivity contribution in [1.82, 2.24) is 14.6 Å². The first-order valence-electron chi connectivity index (χ1n) is 12.3. The van der Waals surface area contributed by atoms with Gasteiger partial charge in [-0.25, -0.2) is 13.1 Å². The number of aryl methyl sites for hydroxylation is 1. The SMILES string of the molecule is CCCNS(=O)(=O)c1ccc(C(=O)N2CCCc3ccc(-c4cnc5ccccc5c4)cc3C2)cc1. The minimum Gasteiger partial charge on any atom is -0.334 e. The van der Waals surface area contributed by atoms with Crippen LogP contribution < -0.4 is 4.72 Å². The number of aromatic nitrogens is 1. The van der Waals surface area contributed by atoms with Crippen molar-refractivity contribution in [2.45, 2.75) is 37.6 Å². The molecule has 1 N–H and O–H groups in total. The summed E-state index contributed by atoms with van der Waals surface area (Å²) < 4.78 is 27.3. The van der Waals surface area contributed by atoms with Gasteiger partial charge in [0, 0.05) is 42.3 Å². The molecule has 184 valence electrons. The van der Waals surface area contributed by atoms with E-state index >= 15 is 0 Å². The topological polar surface area (TPSA) is 79.4 Å². The number of para-hydroxylation sites is 1. The summed E-state index contributed by atoms with van der Waals surface area (Å²) in [6, 6.07) is 22.9. The zero-order valence-corrected chi connectivity index (χ0v) is 21.1. The van der Waals surface area contributed by atoms with Gasteiger partial charge in [0.2, 0.25) is 10.0 Å². The average molecular weight is 500 g/mol. The van der Waals surface area contributed by atoms with E-state index in [9.17, 15) is 13.2 Å². The fraction of sp³-hybridized carbons (Fsp3) is 0.241. The van der Waals surface area contributed by atoms with Gasteiger partial charge in [0.1, 0.15) is 0 Å². The first-order valence-corrected chi connectivity index (χ1v) is 13.8. The minimum absolute atomic E-state index is 0.0916.